The Balaban J connectivity index is 2.10. The molecule has 1 aromatic heterocycles. The van der Waals surface area contributed by atoms with Gasteiger partial charge in [0, 0.05) is 16.6 Å². The Morgan fingerprint density at radius 3 is 2.89 bits per heavy atom. The summed E-state index contributed by atoms with van der Waals surface area (Å²) in [7, 11) is 0. The highest BCUT2D eigenvalue weighted by atomic mass is 15.0. The minimum atomic E-state index is 0.194. The minimum Gasteiger partial charge on any atom is -0.307 e. The van der Waals surface area contributed by atoms with Gasteiger partial charge in [0.15, 0.2) is 0 Å². The Morgan fingerprint density at radius 1 is 1.28 bits per heavy atom. The van der Waals surface area contributed by atoms with Gasteiger partial charge in [0.2, 0.25) is 0 Å². The highest BCUT2D eigenvalue weighted by Gasteiger charge is 2.33. The summed E-state index contributed by atoms with van der Waals surface area (Å²) in [5, 5.41) is 4.94. The van der Waals surface area contributed by atoms with Gasteiger partial charge in [0.05, 0.1) is 5.52 Å². The summed E-state index contributed by atoms with van der Waals surface area (Å²) in [5.41, 5.74) is 3.79. The van der Waals surface area contributed by atoms with Gasteiger partial charge in [0.25, 0.3) is 0 Å². The molecule has 0 spiro atoms. The third-order valence-electron chi connectivity index (χ3n) is 4.23. The van der Waals surface area contributed by atoms with E-state index in [4.69, 9.17) is 0 Å². The number of hydrogen-bond donors (Lipinski definition) is 1. The first-order valence-corrected chi connectivity index (χ1v) is 6.86. The fourth-order valence-corrected chi connectivity index (χ4v) is 3.08. The predicted octanol–water partition coefficient (Wildman–Crippen LogP) is 3.53. The first-order valence-electron chi connectivity index (χ1n) is 6.86. The summed E-state index contributed by atoms with van der Waals surface area (Å²) in [6, 6.07) is 11.0. The summed E-state index contributed by atoms with van der Waals surface area (Å²) < 4.78 is 0. The summed E-state index contributed by atoms with van der Waals surface area (Å²) in [6.45, 7) is 5.45. The molecule has 1 saturated heterocycles. The van der Waals surface area contributed by atoms with E-state index in [-0.39, 0.29) is 5.54 Å². The SMILES string of the molecule is CCC1(c2ccc3nc(C)ccc3c2)CCCN1. The van der Waals surface area contributed by atoms with Gasteiger partial charge in [-0.15, -0.1) is 0 Å². The molecule has 3 rings (SSSR count). The molecule has 94 valence electrons. The van der Waals surface area contributed by atoms with Crippen molar-refractivity contribution < 1.29 is 0 Å². The van der Waals surface area contributed by atoms with Crippen molar-refractivity contribution >= 4 is 10.9 Å². The quantitative estimate of drug-likeness (QED) is 0.868. The second kappa shape index (κ2) is 4.36. The average molecular weight is 240 g/mol. The molecule has 0 amide bonds. The van der Waals surface area contributed by atoms with Gasteiger partial charge < -0.3 is 5.32 Å². The molecule has 1 unspecified atom stereocenters. The zero-order valence-electron chi connectivity index (χ0n) is 11.2. The van der Waals surface area contributed by atoms with E-state index in [2.05, 4.69) is 47.6 Å². The standard InChI is InChI=1S/C16H20N2/c1-3-16(9-4-10-17-16)14-7-8-15-13(11-14)6-5-12(2)18-15/h5-8,11,17H,3-4,9-10H2,1-2H3. The Morgan fingerprint density at radius 2 is 2.17 bits per heavy atom. The van der Waals surface area contributed by atoms with Gasteiger partial charge >= 0.3 is 0 Å². The lowest BCUT2D eigenvalue weighted by atomic mass is 9.85. The molecular weight excluding hydrogens is 220 g/mol. The number of benzene rings is 1. The van der Waals surface area contributed by atoms with E-state index >= 15 is 0 Å². The Hall–Kier alpha value is -1.41. The Labute approximate surface area is 108 Å². The van der Waals surface area contributed by atoms with Crippen molar-refractivity contribution in [1.82, 2.24) is 10.3 Å². The van der Waals surface area contributed by atoms with Crippen LogP contribution in [0.2, 0.25) is 0 Å². The van der Waals surface area contributed by atoms with Gasteiger partial charge in [-0.25, -0.2) is 0 Å². The normalized spacial score (nSPS) is 23.7. The molecule has 1 atom stereocenters. The highest BCUT2D eigenvalue weighted by Crippen LogP contribution is 2.35. The van der Waals surface area contributed by atoms with Crippen LogP contribution in [-0.4, -0.2) is 11.5 Å². The summed E-state index contributed by atoms with van der Waals surface area (Å²) in [6.07, 6.45) is 3.67. The van der Waals surface area contributed by atoms with Gasteiger partial charge in [-0.3, -0.25) is 4.98 Å². The van der Waals surface area contributed by atoms with Crippen molar-refractivity contribution in [3.05, 3.63) is 41.6 Å². The lowest BCUT2D eigenvalue weighted by molar-refractivity contribution is 0.376. The zero-order chi connectivity index (χ0) is 12.6. The van der Waals surface area contributed by atoms with Crippen molar-refractivity contribution in [2.75, 3.05) is 6.54 Å². The van der Waals surface area contributed by atoms with E-state index in [9.17, 15) is 0 Å². The van der Waals surface area contributed by atoms with Crippen molar-refractivity contribution in [1.29, 1.82) is 0 Å². The molecule has 1 aliphatic rings. The van der Waals surface area contributed by atoms with E-state index in [1.807, 2.05) is 6.92 Å². The molecule has 1 fully saturated rings. The number of aryl methyl sites for hydroxylation is 1. The minimum absolute atomic E-state index is 0.194. The van der Waals surface area contributed by atoms with Crippen molar-refractivity contribution in [2.24, 2.45) is 0 Å². The summed E-state index contributed by atoms with van der Waals surface area (Å²) >= 11 is 0. The highest BCUT2D eigenvalue weighted by molar-refractivity contribution is 5.79. The van der Waals surface area contributed by atoms with E-state index in [0.717, 1.165) is 24.2 Å². The largest absolute Gasteiger partial charge is 0.307 e. The molecule has 0 aliphatic carbocycles. The smallest absolute Gasteiger partial charge is 0.0705 e. The van der Waals surface area contributed by atoms with Crippen LogP contribution in [0.5, 0.6) is 0 Å². The van der Waals surface area contributed by atoms with Crippen LogP contribution in [0.15, 0.2) is 30.3 Å². The fourth-order valence-electron chi connectivity index (χ4n) is 3.08. The van der Waals surface area contributed by atoms with Crippen LogP contribution in [0.4, 0.5) is 0 Å². The van der Waals surface area contributed by atoms with Gasteiger partial charge in [-0.2, -0.15) is 0 Å². The average Bonchev–Trinajstić information content (AvgIpc) is 2.88. The van der Waals surface area contributed by atoms with E-state index in [1.54, 1.807) is 0 Å². The van der Waals surface area contributed by atoms with Crippen LogP contribution in [0.1, 0.15) is 37.4 Å². The molecule has 18 heavy (non-hydrogen) atoms. The predicted molar refractivity (Wildman–Crippen MR) is 75.7 cm³/mol. The molecule has 1 N–H and O–H groups in total. The first-order chi connectivity index (χ1) is 8.73. The van der Waals surface area contributed by atoms with E-state index in [0.29, 0.717) is 0 Å². The number of hydrogen-bond acceptors (Lipinski definition) is 2. The Bertz CT molecular complexity index is 568. The molecule has 1 aromatic carbocycles. The second-order valence-electron chi connectivity index (χ2n) is 5.33. The van der Waals surface area contributed by atoms with E-state index < -0.39 is 0 Å². The summed E-state index contributed by atoms with van der Waals surface area (Å²) in [4.78, 5) is 4.57. The Kier molecular flexibility index (Phi) is 2.83. The molecule has 2 heterocycles. The van der Waals surface area contributed by atoms with Crippen LogP contribution in [0.25, 0.3) is 10.9 Å². The number of pyridine rings is 1. The van der Waals surface area contributed by atoms with Crippen LogP contribution in [-0.2, 0) is 5.54 Å². The summed E-state index contributed by atoms with van der Waals surface area (Å²) in [5.74, 6) is 0. The molecule has 0 bridgehead atoms. The monoisotopic (exact) mass is 240 g/mol. The zero-order valence-corrected chi connectivity index (χ0v) is 11.2. The third-order valence-corrected chi connectivity index (χ3v) is 4.23. The van der Waals surface area contributed by atoms with Gasteiger partial charge in [-0.05, 0) is 56.5 Å². The maximum atomic E-state index is 4.57. The molecule has 2 heteroatoms. The van der Waals surface area contributed by atoms with Crippen molar-refractivity contribution in [3.63, 3.8) is 0 Å². The molecule has 0 radical (unpaired) electrons. The molecule has 2 nitrogen and oxygen atoms in total. The second-order valence-corrected chi connectivity index (χ2v) is 5.33. The molecular formula is C16H20N2. The molecule has 2 aromatic rings. The topological polar surface area (TPSA) is 24.9 Å². The number of fused-ring (bicyclic) bond motifs is 1. The number of nitrogens with one attached hydrogen (secondary N) is 1. The lowest BCUT2D eigenvalue weighted by Gasteiger charge is -2.29. The van der Waals surface area contributed by atoms with Crippen LogP contribution < -0.4 is 5.32 Å². The third kappa shape index (κ3) is 1.81. The lowest BCUT2D eigenvalue weighted by Crippen LogP contribution is -2.35. The first kappa shape index (κ1) is 11.7. The van der Waals surface area contributed by atoms with Crippen molar-refractivity contribution in [3.8, 4) is 0 Å². The number of nitrogens with zero attached hydrogens (tertiary/aromatic N) is 1. The number of rotatable bonds is 2. The van der Waals surface area contributed by atoms with E-state index in [1.165, 1.54) is 23.8 Å². The fraction of sp³-hybridized carbons (Fsp3) is 0.438. The number of aromatic nitrogens is 1. The van der Waals surface area contributed by atoms with Gasteiger partial charge in [0.1, 0.15) is 0 Å². The van der Waals surface area contributed by atoms with Crippen LogP contribution >= 0.6 is 0 Å². The van der Waals surface area contributed by atoms with Crippen LogP contribution in [0, 0.1) is 6.92 Å². The van der Waals surface area contributed by atoms with Crippen LogP contribution in [0.3, 0.4) is 0 Å². The maximum absolute atomic E-state index is 4.57. The van der Waals surface area contributed by atoms with Crippen molar-refractivity contribution in [2.45, 2.75) is 38.6 Å². The van der Waals surface area contributed by atoms with Gasteiger partial charge in [-0.1, -0.05) is 19.1 Å². The maximum Gasteiger partial charge on any atom is 0.0705 e. The molecule has 0 saturated carbocycles. The molecule has 1 aliphatic heterocycles.